The summed E-state index contributed by atoms with van der Waals surface area (Å²) in [6.45, 7) is 1.60. The van der Waals surface area contributed by atoms with Gasteiger partial charge in [0.2, 0.25) is 5.28 Å². The highest BCUT2D eigenvalue weighted by atomic mass is 35.5. The molecule has 0 fully saturated rings. The van der Waals surface area contributed by atoms with Crippen LogP contribution in [0, 0.1) is 17.0 Å². The third kappa shape index (κ3) is 3.57. The third-order valence-electron chi connectivity index (χ3n) is 2.72. The van der Waals surface area contributed by atoms with Crippen LogP contribution in [0.15, 0.2) is 24.3 Å². The number of hydrogen-bond donors (Lipinski definition) is 0. The minimum absolute atomic E-state index is 0.0946. The molecule has 0 saturated heterocycles. The monoisotopic (exact) mass is 309 g/mol. The predicted octanol–water partition coefficient (Wildman–Crippen LogP) is 2.93. The van der Waals surface area contributed by atoms with Crippen LogP contribution in [0.5, 0.6) is 11.6 Å². The first kappa shape index (κ1) is 15.0. The lowest BCUT2D eigenvalue weighted by Crippen LogP contribution is -2.04. The van der Waals surface area contributed by atoms with Crippen LogP contribution in [0.3, 0.4) is 0 Å². The number of methoxy groups -OCH3 is 1. The van der Waals surface area contributed by atoms with E-state index in [1.54, 1.807) is 31.4 Å². The van der Waals surface area contributed by atoms with Crippen LogP contribution in [-0.2, 0) is 6.61 Å². The predicted molar refractivity (Wildman–Crippen MR) is 75.8 cm³/mol. The fraction of sp³-hybridized carbons (Fsp3) is 0.231. The van der Waals surface area contributed by atoms with Crippen molar-refractivity contribution in [3.8, 4) is 11.6 Å². The third-order valence-corrected chi connectivity index (χ3v) is 2.89. The molecule has 0 spiro atoms. The number of nitrogens with zero attached hydrogens (tertiary/aromatic N) is 3. The molecule has 0 bridgehead atoms. The van der Waals surface area contributed by atoms with E-state index in [0.29, 0.717) is 5.75 Å². The van der Waals surface area contributed by atoms with Crippen LogP contribution in [-0.4, -0.2) is 22.0 Å². The van der Waals surface area contributed by atoms with Gasteiger partial charge in [0.1, 0.15) is 18.1 Å². The second-order valence-corrected chi connectivity index (χ2v) is 4.46. The quantitative estimate of drug-likeness (QED) is 0.479. The summed E-state index contributed by atoms with van der Waals surface area (Å²) in [5.74, 6) is 0.568. The number of ether oxygens (including phenoxy) is 2. The van der Waals surface area contributed by atoms with Crippen LogP contribution < -0.4 is 9.47 Å². The number of aryl methyl sites for hydroxylation is 1. The summed E-state index contributed by atoms with van der Waals surface area (Å²) in [4.78, 5) is 18.0. The maximum atomic E-state index is 11.0. The number of hydrogen-bond acceptors (Lipinski definition) is 6. The molecule has 21 heavy (non-hydrogen) atoms. The average molecular weight is 310 g/mol. The van der Waals surface area contributed by atoms with Gasteiger partial charge in [-0.3, -0.25) is 10.1 Å². The molecule has 2 aromatic rings. The van der Waals surface area contributed by atoms with Gasteiger partial charge in [-0.05, 0) is 36.2 Å². The molecular formula is C13H12ClN3O4. The zero-order valence-corrected chi connectivity index (χ0v) is 12.1. The molecule has 1 aromatic heterocycles. The lowest BCUT2D eigenvalue weighted by Gasteiger charge is -2.08. The van der Waals surface area contributed by atoms with Gasteiger partial charge in [0.05, 0.1) is 12.0 Å². The Balaban J connectivity index is 2.20. The van der Waals surface area contributed by atoms with Crippen LogP contribution in [0.1, 0.15) is 11.3 Å². The summed E-state index contributed by atoms with van der Waals surface area (Å²) in [6, 6.07) is 7.12. The van der Waals surface area contributed by atoms with Gasteiger partial charge >= 0.3 is 5.69 Å². The Bertz CT molecular complexity index is 661. The van der Waals surface area contributed by atoms with E-state index in [-0.39, 0.29) is 29.2 Å². The Morgan fingerprint density at radius 1 is 1.29 bits per heavy atom. The van der Waals surface area contributed by atoms with E-state index in [4.69, 9.17) is 21.1 Å². The van der Waals surface area contributed by atoms with Crippen molar-refractivity contribution in [3.05, 3.63) is 50.9 Å². The lowest BCUT2D eigenvalue weighted by atomic mass is 10.2. The fourth-order valence-corrected chi connectivity index (χ4v) is 1.90. The molecule has 1 heterocycles. The van der Waals surface area contributed by atoms with Crippen molar-refractivity contribution < 1.29 is 14.4 Å². The Morgan fingerprint density at radius 3 is 2.52 bits per heavy atom. The van der Waals surface area contributed by atoms with E-state index >= 15 is 0 Å². The SMILES string of the molecule is COc1ccc(COc2nc(Cl)nc(C)c2[N+](=O)[O-])cc1. The first-order chi connectivity index (χ1) is 10.0. The molecule has 0 aliphatic rings. The van der Waals surface area contributed by atoms with Crippen LogP contribution in [0.4, 0.5) is 5.69 Å². The molecule has 0 amide bonds. The minimum atomic E-state index is -0.588. The molecule has 7 nitrogen and oxygen atoms in total. The standard InChI is InChI=1S/C13H12ClN3O4/c1-8-11(17(18)19)12(16-13(14)15-8)21-7-9-3-5-10(20-2)6-4-9/h3-6H,7H2,1-2H3. The van der Waals surface area contributed by atoms with Gasteiger partial charge < -0.3 is 9.47 Å². The molecular weight excluding hydrogens is 298 g/mol. The molecule has 8 heteroatoms. The summed E-state index contributed by atoms with van der Waals surface area (Å²) in [6.07, 6.45) is 0. The van der Waals surface area contributed by atoms with Gasteiger partial charge in [-0.1, -0.05) is 12.1 Å². The van der Waals surface area contributed by atoms with Crippen molar-refractivity contribution in [2.45, 2.75) is 13.5 Å². The molecule has 0 unspecified atom stereocenters. The molecule has 0 saturated carbocycles. The molecule has 0 N–H and O–H groups in total. The van der Waals surface area contributed by atoms with Crippen molar-refractivity contribution in [2.24, 2.45) is 0 Å². The second-order valence-electron chi connectivity index (χ2n) is 4.13. The Morgan fingerprint density at radius 2 is 1.95 bits per heavy atom. The van der Waals surface area contributed by atoms with E-state index < -0.39 is 4.92 Å². The van der Waals surface area contributed by atoms with Crippen molar-refractivity contribution in [3.63, 3.8) is 0 Å². The first-order valence-corrected chi connectivity index (χ1v) is 6.33. The zero-order chi connectivity index (χ0) is 15.4. The van der Waals surface area contributed by atoms with E-state index in [9.17, 15) is 10.1 Å². The summed E-state index contributed by atoms with van der Waals surface area (Å²) < 4.78 is 10.4. The fourth-order valence-electron chi connectivity index (χ4n) is 1.69. The van der Waals surface area contributed by atoms with E-state index in [1.807, 2.05) is 0 Å². The van der Waals surface area contributed by atoms with Crippen molar-refractivity contribution in [1.29, 1.82) is 0 Å². The first-order valence-electron chi connectivity index (χ1n) is 5.95. The Kier molecular flexibility index (Phi) is 4.54. The highest BCUT2D eigenvalue weighted by Crippen LogP contribution is 2.29. The molecule has 2 rings (SSSR count). The van der Waals surface area contributed by atoms with Crippen molar-refractivity contribution in [2.75, 3.05) is 7.11 Å². The average Bonchev–Trinajstić information content (AvgIpc) is 2.44. The van der Waals surface area contributed by atoms with E-state index in [0.717, 1.165) is 5.56 Å². The van der Waals surface area contributed by atoms with Crippen molar-refractivity contribution >= 4 is 17.3 Å². The maximum absolute atomic E-state index is 11.0. The summed E-state index contributed by atoms with van der Waals surface area (Å²) >= 11 is 5.71. The molecule has 0 aliphatic heterocycles. The number of halogens is 1. The zero-order valence-electron chi connectivity index (χ0n) is 11.4. The summed E-state index contributed by atoms with van der Waals surface area (Å²) in [5, 5.41) is 10.9. The van der Waals surface area contributed by atoms with Gasteiger partial charge in [-0.15, -0.1) is 0 Å². The summed E-state index contributed by atoms with van der Waals surface area (Å²) in [7, 11) is 1.57. The van der Waals surface area contributed by atoms with Gasteiger partial charge in [-0.25, -0.2) is 4.98 Å². The molecule has 0 aliphatic carbocycles. The number of rotatable bonds is 5. The van der Waals surface area contributed by atoms with Gasteiger partial charge in [0, 0.05) is 0 Å². The second kappa shape index (κ2) is 6.36. The Hall–Kier alpha value is -2.41. The molecule has 0 atom stereocenters. The molecule has 1 aromatic carbocycles. The van der Waals surface area contributed by atoms with Crippen molar-refractivity contribution in [1.82, 2.24) is 9.97 Å². The number of aromatic nitrogens is 2. The maximum Gasteiger partial charge on any atom is 0.352 e. The number of benzene rings is 1. The minimum Gasteiger partial charge on any atom is -0.497 e. The lowest BCUT2D eigenvalue weighted by molar-refractivity contribution is -0.387. The van der Waals surface area contributed by atoms with Crippen LogP contribution in [0.25, 0.3) is 0 Å². The van der Waals surface area contributed by atoms with E-state index in [1.165, 1.54) is 6.92 Å². The van der Waals surface area contributed by atoms with Gasteiger partial charge in [0.25, 0.3) is 5.88 Å². The normalized spacial score (nSPS) is 10.2. The van der Waals surface area contributed by atoms with Gasteiger partial charge in [0.15, 0.2) is 0 Å². The van der Waals surface area contributed by atoms with E-state index in [2.05, 4.69) is 9.97 Å². The van der Waals surface area contributed by atoms with Crippen LogP contribution >= 0.6 is 11.6 Å². The van der Waals surface area contributed by atoms with Crippen LogP contribution in [0.2, 0.25) is 5.28 Å². The highest BCUT2D eigenvalue weighted by molar-refractivity contribution is 6.28. The summed E-state index contributed by atoms with van der Waals surface area (Å²) in [5.41, 5.74) is 0.690. The topological polar surface area (TPSA) is 87.4 Å². The highest BCUT2D eigenvalue weighted by Gasteiger charge is 2.23. The molecule has 110 valence electrons. The Labute approximate surface area is 125 Å². The largest absolute Gasteiger partial charge is 0.497 e. The smallest absolute Gasteiger partial charge is 0.352 e. The number of nitro groups is 1. The van der Waals surface area contributed by atoms with Gasteiger partial charge in [-0.2, -0.15) is 4.98 Å². The molecule has 0 radical (unpaired) electrons.